The van der Waals surface area contributed by atoms with Crippen molar-refractivity contribution in [3.63, 3.8) is 0 Å². The standard InChI is InChI=1S/C20H25NO4S/c1-14(22)16-3-4-17(26-16)19(23)21-9-2-8-20(13-25-12-7-18(20)21)15-5-10-24-11-6-15/h3-5,18H,2,6-13H2,1H3/t18-,20-/m0/s1. The maximum absolute atomic E-state index is 13.3. The number of ether oxygens (including phenoxy) is 2. The lowest BCUT2D eigenvalue weighted by molar-refractivity contribution is -0.0738. The molecule has 2 saturated heterocycles. The van der Waals surface area contributed by atoms with Crippen LogP contribution in [-0.2, 0) is 9.47 Å². The van der Waals surface area contributed by atoms with E-state index in [4.69, 9.17) is 9.47 Å². The fourth-order valence-electron chi connectivity index (χ4n) is 4.71. The molecule has 4 rings (SSSR count). The SMILES string of the molecule is CC(=O)c1ccc(C(=O)N2CCC[C@@]3(C4=CCOCC4)COCC[C@H]23)s1. The van der Waals surface area contributed by atoms with Crippen LogP contribution in [0.4, 0.5) is 0 Å². The van der Waals surface area contributed by atoms with Gasteiger partial charge < -0.3 is 14.4 Å². The Kier molecular flexibility index (Phi) is 4.99. The lowest BCUT2D eigenvalue weighted by Crippen LogP contribution is -2.59. The van der Waals surface area contributed by atoms with Crippen LogP contribution in [-0.4, -0.2) is 55.6 Å². The first-order valence-corrected chi connectivity index (χ1v) is 10.2. The van der Waals surface area contributed by atoms with Crippen molar-refractivity contribution in [3.05, 3.63) is 33.5 Å². The van der Waals surface area contributed by atoms with E-state index in [2.05, 4.69) is 11.0 Å². The molecule has 140 valence electrons. The van der Waals surface area contributed by atoms with Gasteiger partial charge in [-0.25, -0.2) is 0 Å². The van der Waals surface area contributed by atoms with E-state index < -0.39 is 0 Å². The molecule has 6 heteroatoms. The summed E-state index contributed by atoms with van der Waals surface area (Å²) < 4.78 is 11.4. The third-order valence-electron chi connectivity index (χ3n) is 5.96. The summed E-state index contributed by atoms with van der Waals surface area (Å²) in [6.45, 7) is 5.12. The highest BCUT2D eigenvalue weighted by Gasteiger charge is 2.50. The van der Waals surface area contributed by atoms with Crippen LogP contribution < -0.4 is 0 Å². The van der Waals surface area contributed by atoms with Crippen molar-refractivity contribution in [2.45, 2.75) is 38.6 Å². The summed E-state index contributed by atoms with van der Waals surface area (Å²) in [5, 5.41) is 0. The minimum absolute atomic E-state index is 0.0143. The van der Waals surface area contributed by atoms with Gasteiger partial charge in [-0.2, -0.15) is 0 Å². The molecule has 0 N–H and O–H groups in total. The van der Waals surface area contributed by atoms with Crippen molar-refractivity contribution in [1.29, 1.82) is 0 Å². The molecule has 0 spiro atoms. The van der Waals surface area contributed by atoms with Gasteiger partial charge in [0.05, 0.1) is 29.6 Å². The molecular weight excluding hydrogens is 350 g/mol. The molecule has 4 heterocycles. The van der Waals surface area contributed by atoms with Crippen LogP contribution in [0.1, 0.15) is 52.0 Å². The second kappa shape index (κ2) is 7.25. The van der Waals surface area contributed by atoms with E-state index in [1.165, 1.54) is 16.9 Å². The predicted molar refractivity (Wildman–Crippen MR) is 99.8 cm³/mol. The van der Waals surface area contributed by atoms with E-state index in [1.807, 2.05) is 0 Å². The molecule has 2 atom stereocenters. The smallest absolute Gasteiger partial charge is 0.264 e. The van der Waals surface area contributed by atoms with Crippen molar-refractivity contribution >= 4 is 23.0 Å². The average molecular weight is 375 g/mol. The Morgan fingerprint density at radius 1 is 1.23 bits per heavy atom. The first-order valence-electron chi connectivity index (χ1n) is 9.38. The van der Waals surface area contributed by atoms with Crippen LogP contribution in [0.5, 0.6) is 0 Å². The van der Waals surface area contributed by atoms with Gasteiger partial charge in [-0.15, -0.1) is 11.3 Å². The third-order valence-corrected chi connectivity index (χ3v) is 7.13. The third kappa shape index (κ3) is 3.04. The zero-order valence-corrected chi connectivity index (χ0v) is 16.0. The van der Waals surface area contributed by atoms with Crippen molar-refractivity contribution < 1.29 is 19.1 Å². The lowest BCUT2D eigenvalue weighted by atomic mass is 9.65. The number of amides is 1. The number of nitrogens with zero attached hydrogens (tertiary/aromatic N) is 1. The van der Waals surface area contributed by atoms with E-state index in [0.29, 0.717) is 29.6 Å². The van der Waals surface area contributed by atoms with Crippen LogP contribution in [0.15, 0.2) is 23.8 Å². The molecule has 0 saturated carbocycles. The Balaban J connectivity index is 1.64. The second-order valence-electron chi connectivity index (χ2n) is 7.39. The fraction of sp³-hybridized carbons (Fsp3) is 0.600. The van der Waals surface area contributed by atoms with Gasteiger partial charge >= 0.3 is 0 Å². The van der Waals surface area contributed by atoms with Gasteiger partial charge in [0.25, 0.3) is 5.91 Å². The molecular formula is C20H25NO4S. The molecule has 5 nitrogen and oxygen atoms in total. The maximum Gasteiger partial charge on any atom is 0.264 e. The number of hydrogen-bond acceptors (Lipinski definition) is 5. The molecule has 1 aromatic heterocycles. The number of carbonyl (C=O) groups excluding carboxylic acids is 2. The minimum atomic E-state index is -0.0728. The van der Waals surface area contributed by atoms with Crippen molar-refractivity contribution in [1.82, 2.24) is 4.90 Å². The summed E-state index contributed by atoms with van der Waals surface area (Å²) >= 11 is 1.31. The number of ketones is 1. The first kappa shape index (κ1) is 17.9. The highest BCUT2D eigenvalue weighted by molar-refractivity contribution is 7.15. The Bertz CT molecular complexity index is 736. The summed E-state index contributed by atoms with van der Waals surface area (Å²) in [4.78, 5) is 28.2. The van der Waals surface area contributed by atoms with Gasteiger partial charge in [0, 0.05) is 24.6 Å². The Hall–Kier alpha value is -1.50. The number of thiophene rings is 1. The van der Waals surface area contributed by atoms with Crippen LogP contribution in [0, 0.1) is 5.41 Å². The number of hydrogen-bond donors (Lipinski definition) is 0. The molecule has 3 aliphatic rings. The van der Waals surface area contributed by atoms with E-state index in [0.717, 1.165) is 38.8 Å². The summed E-state index contributed by atoms with van der Waals surface area (Å²) in [7, 11) is 0. The molecule has 0 bridgehead atoms. The number of piperidine rings is 1. The highest BCUT2D eigenvalue weighted by atomic mass is 32.1. The summed E-state index contributed by atoms with van der Waals surface area (Å²) in [6, 6.07) is 3.74. The van der Waals surface area contributed by atoms with Gasteiger partial charge in [0.15, 0.2) is 5.78 Å². The number of rotatable bonds is 3. The first-order chi connectivity index (χ1) is 12.6. The van der Waals surface area contributed by atoms with E-state index in [-0.39, 0.29) is 23.1 Å². The second-order valence-corrected chi connectivity index (χ2v) is 8.47. The molecule has 1 aromatic rings. The van der Waals surface area contributed by atoms with E-state index in [9.17, 15) is 9.59 Å². The van der Waals surface area contributed by atoms with Crippen molar-refractivity contribution in [2.75, 3.05) is 33.0 Å². The van der Waals surface area contributed by atoms with Crippen molar-refractivity contribution in [3.8, 4) is 0 Å². The number of Topliss-reactive ketones (excluding diaryl/α,β-unsaturated/α-hetero) is 1. The molecule has 2 fully saturated rings. The largest absolute Gasteiger partial charge is 0.380 e. The predicted octanol–water partition coefficient (Wildman–Crippen LogP) is 3.31. The monoisotopic (exact) mass is 375 g/mol. The summed E-state index contributed by atoms with van der Waals surface area (Å²) in [5.74, 6) is 0.0756. The molecule has 0 aromatic carbocycles. The van der Waals surface area contributed by atoms with Crippen molar-refractivity contribution in [2.24, 2.45) is 5.41 Å². The Morgan fingerprint density at radius 3 is 2.81 bits per heavy atom. The average Bonchev–Trinajstić information content (AvgIpc) is 3.18. The van der Waals surface area contributed by atoms with Crippen LogP contribution in [0.3, 0.4) is 0 Å². The molecule has 0 unspecified atom stereocenters. The number of likely N-dealkylation sites (tertiary alicyclic amines) is 1. The number of fused-ring (bicyclic) bond motifs is 1. The molecule has 0 radical (unpaired) electrons. The van der Waals surface area contributed by atoms with E-state index >= 15 is 0 Å². The Morgan fingerprint density at radius 2 is 2.08 bits per heavy atom. The topological polar surface area (TPSA) is 55.8 Å². The van der Waals surface area contributed by atoms with E-state index in [1.54, 1.807) is 19.1 Å². The highest BCUT2D eigenvalue weighted by Crippen LogP contribution is 2.48. The lowest BCUT2D eigenvalue weighted by Gasteiger charge is -2.54. The summed E-state index contributed by atoms with van der Waals surface area (Å²) in [6.07, 6.45) is 6.05. The van der Waals surface area contributed by atoms with Gasteiger partial charge in [0.2, 0.25) is 0 Å². The maximum atomic E-state index is 13.3. The van der Waals surface area contributed by atoms with Crippen LogP contribution >= 0.6 is 11.3 Å². The molecule has 26 heavy (non-hydrogen) atoms. The van der Waals surface area contributed by atoms with Gasteiger partial charge in [0.1, 0.15) is 0 Å². The normalized spacial score (nSPS) is 29.0. The number of carbonyl (C=O) groups is 2. The molecule has 0 aliphatic carbocycles. The summed E-state index contributed by atoms with van der Waals surface area (Å²) in [5.41, 5.74) is 1.33. The van der Waals surface area contributed by atoms with Gasteiger partial charge in [-0.05, 0) is 44.7 Å². The zero-order chi connectivity index (χ0) is 18.1. The molecule has 3 aliphatic heterocycles. The van der Waals surface area contributed by atoms with Crippen LogP contribution in [0.25, 0.3) is 0 Å². The Labute approximate surface area is 158 Å². The van der Waals surface area contributed by atoms with Gasteiger partial charge in [-0.3, -0.25) is 9.59 Å². The quantitative estimate of drug-likeness (QED) is 0.601. The fourth-order valence-corrected chi connectivity index (χ4v) is 5.57. The minimum Gasteiger partial charge on any atom is -0.380 e. The molecule has 1 amide bonds. The zero-order valence-electron chi connectivity index (χ0n) is 15.2. The van der Waals surface area contributed by atoms with Crippen LogP contribution in [0.2, 0.25) is 0 Å². The van der Waals surface area contributed by atoms with Gasteiger partial charge in [-0.1, -0.05) is 11.6 Å².